The van der Waals surface area contributed by atoms with Gasteiger partial charge in [0.15, 0.2) is 0 Å². The van der Waals surface area contributed by atoms with E-state index in [0.29, 0.717) is 19.4 Å². The maximum absolute atomic E-state index is 12.0. The molecule has 0 fully saturated rings. The predicted molar refractivity (Wildman–Crippen MR) is 77.9 cm³/mol. The molecule has 1 aromatic carbocycles. The molecule has 0 saturated carbocycles. The molecule has 5 heteroatoms. The lowest BCUT2D eigenvalue weighted by molar-refractivity contribution is -0.147. The molecule has 1 aromatic rings. The monoisotopic (exact) mass is 289 g/mol. The van der Waals surface area contributed by atoms with Crippen LogP contribution in [0, 0.1) is 0 Å². The topological polar surface area (TPSA) is 77.8 Å². The Kier molecular flexibility index (Phi) is 4.98. The van der Waals surface area contributed by atoms with Gasteiger partial charge in [0.2, 0.25) is 5.91 Å². The van der Waals surface area contributed by atoms with Gasteiger partial charge in [0.25, 0.3) is 0 Å². The summed E-state index contributed by atoms with van der Waals surface area (Å²) in [5.74, 6) is -0.865. The predicted octanol–water partition coefficient (Wildman–Crippen LogP) is 1.96. The number of carbonyl (C=O) groups excluding carboxylic acids is 1. The van der Waals surface area contributed by atoms with E-state index in [0.717, 1.165) is 18.4 Å². The Balaban J connectivity index is 1.73. The second-order valence-electron chi connectivity index (χ2n) is 5.13. The lowest BCUT2D eigenvalue weighted by Crippen LogP contribution is -2.40. The molecule has 0 aromatic heterocycles. The molecule has 112 valence electrons. The molecular formula is C16H19NO4. The van der Waals surface area contributed by atoms with E-state index >= 15 is 0 Å². The summed E-state index contributed by atoms with van der Waals surface area (Å²) in [4.78, 5) is 24.4. The molecule has 0 saturated heterocycles. The first-order valence-electron chi connectivity index (χ1n) is 7.05. The van der Waals surface area contributed by atoms with Gasteiger partial charge in [-0.2, -0.15) is 0 Å². The van der Waals surface area contributed by atoms with E-state index in [2.05, 4.69) is 0 Å². The molecule has 1 aliphatic rings. The number of carboxylic acid groups (broad SMARTS) is 1. The van der Waals surface area contributed by atoms with Crippen molar-refractivity contribution in [1.29, 1.82) is 0 Å². The van der Waals surface area contributed by atoms with E-state index in [9.17, 15) is 14.7 Å². The number of aryl methyl sites for hydroxylation is 1. The summed E-state index contributed by atoms with van der Waals surface area (Å²) in [6.07, 6.45) is 5.94. The lowest BCUT2D eigenvalue weighted by Gasteiger charge is -2.21. The van der Waals surface area contributed by atoms with E-state index in [4.69, 9.17) is 5.11 Å². The smallest absolute Gasteiger partial charge is 0.330 e. The number of unbranched alkanes of at least 4 members (excludes halogenated alkanes) is 1. The number of carbonyl (C=O) groups is 2. The number of hydrogen-bond acceptors (Lipinski definition) is 3. The first-order chi connectivity index (χ1) is 10.1. The van der Waals surface area contributed by atoms with Gasteiger partial charge >= 0.3 is 5.97 Å². The van der Waals surface area contributed by atoms with Crippen molar-refractivity contribution in [2.24, 2.45) is 0 Å². The molecule has 5 nitrogen and oxygen atoms in total. The fourth-order valence-electron chi connectivity index (χ4n) is 2.45. The summed E-state index contributed by atoms with van der Waals surface area (Å²) >= 11 is 0. The number of rotatable bonds is 6. The minimum absolute atomic E-state index is 0.122. The minimum Gasteiger partial charge on any atom is -0.508 e. The van der Waals surface area contributed by atoms with E-state index < -0.39 is 12.0 Å². The number of hydrogen-bond donors (Lipinski definition) is 2. The third kappa shape index (κ3) is 4.08. The Morgan fingerprint density at radius 1 is 1.29 bits per heavy atom. The third-order valence-corrected chi connectivity index (χ3v) is 3.55. The van der Waals surface area contributed by atoms with Crippen molar-refractivity contribution in [2.75, 3.05) is 6.54 Å². The van der Waals surface area contributed by atoms with E-state index in [1.54, 1.807) is 30.4 Å². The lowest BCUT2D eigenvalue weighted by atomic mass is 10.1. The molecule has 2 rings (SSSR count). The summed E-state index contributed by atoms with van der Waals surface area (Å²) < 4.78 is 0. The van der Waals surface area contributed by atoms with Crippen LogP contribution in [0.1, 0.15) is 24.8 Å². The summed E-state index contributed by atoms with van der Waals surface area (Å²) in [7, 11) is 0. The molecule has 0 bridgehead atoms. The molecule has 2 N–H and O–H groups in total. The van der Waals surface area contributed by atoms with Crippen LogP contribution in [-0.4, -0.2) is 39.6 Å². The largest absolute Gasteiger partial charge is 0.508 e. The Morgan fingerprint density at radius 3 is 2.81 bits per heavy atom. The zero-order valence-corrected chi connectivity index (χ0v) is 11.7. The summed E-state index contributed by atoms with van der Waals surface area (Å²) in [6.45, 7) is 0.377. The number of aromatic hydroxyl groups is 1. The Labute approximate surface area is 123 Å². The van der Waals surface area contributed by atoms with Crippen LogP contribution in [0.15, 0.2) is 36.4 Å². The van der Waals surface area contributed by atoms with Crippen LogP contribution < -0.4 is 0 Å². The number of nitrogens with zero attached hydrogens (tertiary/aromatic N) is 1. The normalized spacial score (nSPS) is 17.1. The SMILES string of the molecule is O=C(O)C1C=CCN1C(=O)CCCCc1cccc(O)c1. The van der Waals surface area contributed by atoms with Gasteiger partial charge in [0, 0.05) is 13.0 Å². The second kappa shape index (κ2) is 6.92. The number of carboxylic acids is 1. The number of benzene rings is 1. The molecule has 21 heavy (non-hydrogen) atoms. The average Bonchev–Trinajstić information content (AvgIpc) is 2.93. The Morgan fingerprint density at radius 2 is 2.10 bits per heavy atom. The maximum Gasteiger partial charge on any atom is 0.330 e. The van der Waals surface area contributed by atoms with Gasteiger partial charge in [-0.1, -0.05) is 24.3 Å². The summed E-state index contributed by atoms with van der Waals surface area (Å²) in [5, 5.41) is 18.4. The maximum atomic E-state index is 12.0. The van der Waals surface area contributed by atoms with Crippen molar-refractivity contribution in [3.05, 3.63) is 42.0 Å². The average molecular weight is 289 g/mol. The fourth-order valence-corrected chi connectivity index (χ4v) is 2.45. The van der Waals surface area contributed by atoms with Gasteiger partial charge in [0.05, 0.1) is 0 Å². The first kappa shape index (κ1) is 15.1. The molecule has 1 atom stereocenters. The van der Waals surface area contributed by atoms with Gasteiger partial charge in [-0.25, -0.2) is 4.79 Å². The van der Waals surface area contributed by atoms with Crippen LogP contribution in [0.2, 0.25) is 0 Å². The van der Waals surface area contributed by atoms with Crippen LogP contribution in [0.25, 0.3) is 0 Å². The van der Waals surface area contributed by atoms with Crippen molar-refractivity contribution in [3.63, 3.8) is 0 Å². The second-order valence-corrected chi connectivity index (χ2v) is 5.13. The number of phenolic OH excluding ortho intramolecular Hbond substituents is 1. The molecule has 1 aliphatic heterocycles. The van der Waals surface area contributed by atoms with Crippen LogP contribution in [0.3, 0.4) is 0 Å². The van der Waals surface area contributed by atoms with Crippen molar-refractivity contribution in [3.8, 4) is 5.75 Å². The van der Waals surface area contributed by atoms with Gasteiger partial charge in [-0.05, 0) is 37.0 Å². The molecule has 1 amide bonds. The standard InChI is InChI=1S/C16H19NO4/c18-13-7-3-6-12(11-13)5-1-2-9-15(19)17-10-4-8-14(17)16(20)21/h3-4,6-8,11,14,18H,1-2,5,9-10H2,(H,20,21). The van der Waals surface area contributed by atoms with Gasteiger partial charge in [0.1, 0.15) is 11.8 Å². The zero-order chi connectivity index (χ0) is 15.2. The highest BCUT2D eigenvalue weighted by atomic mass is 16.4. The summed E-state index contributed by atoms with van der Waals surface area (Å²) in [6, 6.07) is 6.25. The zero-order valence-electron chi connectivity index (χ0n) is 11.7. The van der Waals surface area contributed by atoms with Crippen LogP contribution in [-0.2, 0) is 16.0 Å². The highest BCUT2D eigenvalue weighted by Crippen LogP contribution is 2.16. The van der Waals surface area contributed by atoms with E-state index in [1.807, 2.05) is 6.07 Å². The summed E-state index contributed by atoms with van der Waals surface area (Å²) in [5.41, 5.74) is 1.04. The van der Waals surface area contributed by atoms with Crippen LogP contribution in [0.4, 0.5) is 0 Å². The molecule has 1 heterocycles. The van der Waals surface area contributed by atoms with Crippen molar-refractivity contribution in [2.45, 2.75) is 31.7 Å². The van der Waals surface area contributed by atoms with Crippen LogP contribution >= 0.6 is 0 Å². The van der Waals surface area contributed by atoms with Gasteiger partial charge in [-0.15, -0.1) is 0 Å². The van der Waals surface area contributed by atoms with E-state index in [-0.39, 0.29) is 11.7 Å². The molecule has 0 aliphatic carbocycles. The van der Waals surface area contributed by atoms with E-state index in [1.165, 1.54) is 4.90 Å². The molecule has 0 radical (unpaired) electrons. The van der Waals surface area contributed by atoms with Gasteiger partial charge < -0.3 is 15.1 Å². The highest BCUT2D eigenvalue weighted by molar-refractivity contribution is 5.86. The number of amides is 1. The molecule has 1 unspecified atom stereocenters. The van der Waals surface area contributed by atoms with Crippen molar-refractivity contribution in [1.82, 2.24) is 4.90 Å². The highest BCUT2D eigenvalue weighted by Gasteiger charge is 2.29. The van der Waals surface area contributed by atoms with Crippen molar-refractivity contribution < 1.29 is 19.8 Å². The Hall–Kier alpha value is -2.30. The number of phenols is 1. The number of aliphatic carboxylic acids is 1. The quantitative estimate of drug-likeness (QED) is 0.620. The third-order valence-electron chi connectivity index (χ3n) is 3.55. The minimum atomic E-state index is -0.989. The van der Waals surface area contributed by atoms with Crippen molar-refractivity contribution >= 4 is 11.9 Å². The van der Waals surface area contributed by atoms with Crippen LogP contribution in [0.5, 0.6) is 5.75 Å². The molecular weight excluding hydrogens is 270 g/mol. The van der Waals surface area contributed by atoms with Gasteiger partial charge in [-0.3, -0.25) is 4.79 Å². The fraction of sp³-hybridized carbons (Fsp3) is 0.375. The molecule has 0 spiro atoms. The Bertz CT molecular complexity index is 553. The first-order valence-corrected chi connectivity index (χ1v) is 7.05.